The fourth-order valence-corrected chi connectivity index (χ4v) is 1.14. The van der Waals surface area contributed by atoms with Crippen LogP contribution in [0.3, 0.4) is 0 Å². The second-order valence-corrected chi connectivity index (χ2v) is 3.19. The SMILES string of the molecule is COCCOCCCCCCS. The lowest BCUT2D eigenvalue weighted by molar-refractivity contribution is 0.0686. The van der Waals surface area contributed by atoms with Gasteiger partial charge in [-0.05, 0) is 18.6 Å². The zero-order valence-electron chi connectivity index (χ0n) is 7.92. The lowest BCUT2D eigenvalue weighted by Gasteiger charge is -2.02. The first-order valence-corrected chi connectivity index (χ1v) is 5.22. The van der Waals surface area contributed by atoms with Gasteiger partial charge in [-0.3, -0.25) is 0 Å². The average molecular weight is 192 g/mol. The van der Waals surface area contributed by atoms with Crippen LogP contribution in [0.4, 0.5) is 0 Å². The predicted octanol–water partition coefficient (Wildman–Crippen LogP) is 2.14. The number of ether oxygens (including phenoxy) is 2. The van der Waals surface area contributed by atoms with Crippen molar-refractivity contribution in [3.8, 4) is 0 Å². The first kappa shape index (κ1) is 12.3. The summed E-state index contributed by atoms with van der Waals surface area (Å²) >= 11 is 4.14. The molecule has 0 atom stereocenters. The van der Waals surface area contributed by atoms with Crippen molar-refractivity contribution in [3.63, 3.8) is 0 Å². The van der Waals surface area contributed by atoms with Gasteiger partial charge in [-0.15, -0.1) is 0 Å². The molecule has 0 spiro atoms. The summed E-state index contributed by atoms with van der Waals surface area (Å²) in [6.45, 7) is 2.30. The lowest BCUT2D eigenvalue weighted by atomic mass is 10.2. The molecule has 0 aliphatic rings. The number of rotatable bonds is 9. The maximum atomic E-state index is 5.31. The summed E-state index contributed by atoms with van der Waals surface area (Å²) in [4.78, 5) is 0. The minimum atomic E-state index is 0.705. The molecular weight excluding hydrogens is 172 g/mol. The largest absolute Gasteiger partial charge is 0.382 e. The fraction of sp³-hybridized carbons (Fsp3) is 1.00. The van der Waals surface area contributed by atoms with Gasteiger partial charge < -0.3 is 9.47 Å². The molecular formula is C9H20O2S. The van der Waals surface area contributed by atoms with Crippen LogP contribution in [-0.4, -0.2) is 32.7 Å². The summed E-state index contributed by atoms with van der Waals surface area (Å²) < 4.78 is 10.2. The first-order valence-electron chi connectivity index (χ1n) is 4.59. The van der Waals surface area contributed by atoms with Gasteiger partial charge >= 0.3 is 0 Å². The molecule has 0 saturated carbocycles. The standard InChI is InChI=1S/C9H20O2S/c1-10-7-8-11-6-4-2-3-5-9-12/h12H,2-9H2,1H3. The van der Waals surface area contributed by atoms with Crippen LogP contribution in [0, 0.1) is 0 Å². The zero-order valence-corrected chi connectivity index (χ0v) is 8.81. The van der Waals surface area contributed by atoms with Crippen molar-refractivity contribution < 1.29 is 9.47 Å². The average Bonchev–Trinajstić information content (AvgIpc) is 2.10. The molecule has 0 aromatic heterocycles. The number of hydrogen-bond acceptors (Lipinski definition) is 3. The van der Waals surface area contributed by atoms with E-state index in [1.807, 2.05) is 0 Å². The molecule has 0 unspecified atom stereocenters. The van der Waals surface area contributed by atoms with Crippen LogP contribution in [0.15, 0.2) is 0 Å². The predicted molar refractivity (Wildman–Crippen MR) is 55.0 cm³/mol. The van der Waals surface area contributed by atoms with Gasteiger partial charge in [-0.25, -0.2) is 0 Å². The van der Waals surface area contributed by atoms with E-state index in [1.54, 1.807) is 7.11 Å². The molecule has 0 fully saturated rings. The molecule has 2 nitrogen and oxygen atoms in total. The topological polar surface area (TPSA) is 18.5 Å². The van der Waals surface area contributed by atoms with Crippen LogP contribution in [0.1, 0.15) is 25.7 Å². The molecule has 12 heavy (non-hydrogen) atoms. The number of hydrogen-bond donors (Lipinski definition) is 1. The van der Waals surface area contributed by atoms with Crippen LogP contribution in [0.5, 0.6) is 0 Å². The second kappa shape index (κ2) is 11.3. The summed E-state index contributed by atoms with van der Waals surface area (Å²) in [5, 5.41) is 0. The van der Waals surface area contributed by atoms with E-state index >= 15 is 0 Å². The van der Waals surface area contributed by atoms with Crippen LogP contribution in [0.2, 0.25) is 0 Å². The van der Waals surface area contributed by atoms with Crippen molar-refractivity contribution in [3.05, 3.63) is 0 Å². The van der Waals surface area contributed by atoms with Crippen LogP contribution in [0.25, 0.3) is 0 Å². The number of unbranched alkanes of at least 4 members (excludes halogenated alkanes) is 3. The summed E-state index contributed by atoms with van der Waals surface area (Å²) in [7, 11) is 1.69. The Bertz CT molecular complexity index is 68.9. The van der Waals surface area contributed by atoms with Gasteiger partial charge in [0.2, 0.25) is 0 Å². The maximum Gasteiger partial charge on any atom is 0.0700 e. The Morgan fingerprint density at radius 1 is 0.917 bits per heavy atom. The summed E-state index contributed by atoms with van der Waals surface area (Å²) in [6.07, 6.45) is 4.92. The first-order chi connectivity index (χ1) is 5.91. The Morgan fingerprint density at radius 2 is 1.67 bits per heavy atom. The normalized spacial score (nSPS) is 10.5. The van der Waals surface area contributed by atoms with Gasteiger partial charge in [0, 0.05) is 13.7 Å². The highest BCUT2D eigenvalue weighted by Gasteiger charge is 1.89. The lowest BCUT2D eigenvalue weighted by Crippen LogP contribution is -2.02. The fourth-order valence-electron chi connectivity index (χ4n) is 0.914. The second-order valence-electron chi connectivity index (χ2n) is 2.74. The molecule has 0 saturated heterocycles. The van der Waals surface area contributed by atoms with E-state index < -0.39 is 0 Å². The number of thiol groups is 1. The molecule has 0 aliphatic heterocycles. The van der Waals surface area contributed by atoms with Crippen LogP contribution in [-0.2, 0) is 9.47 Å². The molecule has 0 aromatic carbocycles. The molecule has 0 radical (unpaired) electrons. The maximum absolute atomic E-state index is 5.31. The van der Waals surface area contributed by atoms with Crippen molar-refractivity contribution in [1.29, 1.82) is 0 Å². The molecule has 0 aromatic rings. The summed E-state index contributed by atoms with van der Waals surface area (Å²) in [5.74, 6) is 1.00. The molecule has 0 rings (SSSR count). The Balaban J connectivity index is 2.73. The smallest absolute Gasteiger partial charge is 0.0700 e. The van der Waals surface area contributed by atoms with Gasteiger partial charge in [0.25, 0.3) is 0 Å². The van der Waals surface area contributed by atoms with Crippen molar-refractivity contribution in [2.45, 2.75) is 25.7 Å². The van der Waals surface area contributed by atoms with Crippen molar-refractivity contribution in [1.82, 2.24) is 0 Å². The van der Waals surface area contributed by atoms with E-state index in [1.165, 1.54) is 19.3 Å². The third-order valence-electron chi connectivity index (χ3n) is 1.63. The minimum absolute atomic E-state index is 0.705. The van der Waals surface area contributed by atoms with E-state index in [0.717, 1.165) is 25.4 Å². The molecule has 74 valence electrons. The van der Waals surface area contributed by atoms with E-state index in [-0.39, 0.29) is 0 Å². The van der Waals surface area contributed by atoms with Crippen LogP contribution < -0.4 is 0 Å². The van der Waals surface area contributed by atoms with E-state index in [4.69, 9.17) is 9.47 Å². The molecule has 0 amide bonds. The van der Waals surface area contributed by atoms with Crippen molar-refractivity contribution in [2.24, 2.45) is 0 Å². The Labute approximate surface area is 81.0 Å². The van der Waals surface area contributed by atoms with Gasteiger partial charge in [-0.1, -0.05) is 12.8 Å². The highest BCUT2D eigenvalue weighted by molar-refractivity contribution is 7.80. The summed E-state index contributed by atoms with van der Waals surface area (Å²) in [6, 6.07) is 0. The quantitative estimate of drug-likeness (QED) is 0.446. The van der Waals surface area contributed by atoms with Crippen molar-refractivity contribution in [2.75, 3.05) is 32.7 Å². The zero-order chi connectivity index (χ0) is 9.07. The highest BCUT2D eigenvalue weighted by atomic mass is 32.1. The van der Waals surface area contributed by atoms with Gasteiger partial charge in [0.15, 0.2) is 0 Å². The van der Waals surface area contributed by atoms with E-state index in [2.05, 4.69) is 12.6 Å². The number of methoxy groups -OCH3 is 1. The highest BCUT2D eigenvalue weighted by Crippen LogP contribution is 2.00. The van der Waals surface area contributed by atoms with E-state index in [0.29, 0.717) is 6.61 Å². The molecule has 3 heteroatoms. The summed E-state index contributed by atoms with van der Waals surface area (Å²) in [5.41, 5.74) is 0. The third kappa shape index (κ3) is 10.3. The van der Waals surface area contributed by atoms with Gasteiger partial charge in [-0.2, -0.15) is 12.6 Å². The third-order valence-corrected chi connectivity index (χ3v) is 1.94. The van der Waals surface area contributed by atoms with Crippen LogP contribution >= 0.6 is 12.6 Å². The molecule has 0 aliphatic carbocycles. The van der Waals surface area contributed by atoms with Gasteiger partial charge in [0.05, 0.1) is 13.2 Å². The van der Waals surface area contributed by atoms with E-state index in [9.17, 15) is 0 Å². The Kier molecular flexibility index (Phi) is 11.5. The molecule has 0 bridgehead atoms. The minimum Gasteiger partial charge on any atom is -0.382 e. The Hall–Kier alpha value is 0.270. The van der Waals surface area contributed by atoms with Crippen molar-refractivity contribution >= 4 is 12.6 Å². The monoisotopic (exact) mass is 192 g/mol. The molecule has 0 heterocycles. The van der Waals surface area contributed by atoms with Gasteiger partial charge in [0.1, 0.15) is 0 Å². The molecule has 0 N–H and O–H groups in total. The Morgan fingerprint density at radius 3 is 2.33 bits per heavy atom.